The molecular formula is C27H29FN4O2S. The summed E-state index contributed by atoms with van der Waals surface area (Å²) in [7, 11) is 0. The highest BCUT2D eigenvalue weighted by atomic mass is 32.2. The van der Waals surface area contributed by atoms with Gasteiger partial charge >= 0.3 is 5.69 Å². The maximum Gasteiger partial charge on any atom is 0.350 e. The molecule has 6 nitrogen and oxygen atoms in total. The molecule has 0 unspecified atom stereocenters. The number of aryl methyl sites for hydroxylation is 1. The van der Waals surface area contributed by atoms with Crippen LogP contribution in [-0.2, 0) is 4.79 Å². The normalized spacial score (nSPS) is 21.9. The molecule has 1 fully saturated rings. The summed E-state index contributed by atoms with van der Waals surface area (Å²) < 4.78 is 15.5. The topological polar surface area (TPSA) is 58.4 Å². The lowest BCUT2D eigenvalue weighted by Gasteiger charge is -2.45. The molecule has 8 heteroatoms. The lowest BCUT2D eigenvalue weighted by molar-refractivity contribution is -0.130. The highest BCUT2D eigenvalue weighted by Crippen LogP contribution is 2.45. The molecule has 0 aliphatic carbocycles. The van der Waals surface area contributed by atoms with E-state index in [2.05, 4.69) is 29.5 Å². The Morgan fingerprint density at radius 3 is 2.43 bits per heavy atom. The third-order valence-corrected chi connectivity index (χ3v) is 8.37. The van der Waals surface area contributed by atoms with Gasteiger partial charge in [0.25, 0.3) is 0 Å². The number of carbonyl (C=O) groups excluding carboxylic acids is 1. The minimum absolute atomic E-state index is 0.00716. The Morgan fingerprint density at radius 2 is 1.80 bits per heavy atom. The minimum Gasteiger partial charge on any atom is -0.352 e. The molecule has 0 saturated carbocycles. The van der Waals surface area contributed by atoms with Gasteiger partial charge in [-0.25, -0.2) is 9.18 Å². The molecule has 3 aromatic rings. The van der Waals surface area contributed by atoms with Crippen molar-refractivity contribution in [3.63, 3.8) is 0 Å². The smallest absolute Gasteiger partial charge is 0.350 e. The van der Waals surface area contributed by atoms with Gasteiger partial charge in [-0.2, -0.15) is 4.98 Å². The van der Waals surface area contributed by atoms with Gasteiger partial charge in [0.1, 0.15) is 11.6 Å². The maximum absolute atomic E-state index is 13.6. The summed E-state index contributed by atoms with van der Waals surface area (Å²) >= 11 is 1.74. The van der Waals surface area contributed by atoms with E-state index in [0.29, 0.717) is 18.9 Å². The molecule has 3 atom stereocenters. The summed E-state index contributed by atoms with van der Waals surface area (Å²) in [6, 6.07) is 8.54. The molecule has 35 heavy (non-hydrogen) atoms. The predicted molar refractivity (Wildman–Crippen MR) is 140 cm³/mol. The van der Waals surface area contributed by atoms with Crippen LogP contribution in [0.5, 0.6) is 0 Å². The van der Waals surface area contributed by atoms with E-state index < -0.39 is 0 Å². The molecule has 0 bridgehead atoms. The lowest BCUT2D eigenvalue weighted by Crippen LogP contribution is -2.58. The first-order chi connectivity index (χ1) is 16.7. The summed E-state index contributed by atoms with van der Waals surface area (Å²) in [6.45, 7) is 12.9. The highest BCUT2D eigenvalue weighted by molar-refractivity contribution is 7.99. The van der Waals surface area contributed by atoms with Crippen LogP contribution in [0.25, 0.3) is 22.0 Å². The fraction of sp³-hybridized carbons (Fsp3) is 0.370. The zero-order valence-corrected chi connectivity index (χ0v) is 21.2. The molecule has 3 heterocycles. The van der Waals surface area contributed by atoms with Gasteiger partial charge in [0.05, 0.1) is 5.52 Å². The number of halogens is 1. The summed E-state index contributed by atoms with van der Waals surface area (Å²) in [4.78, 5) is 35.4. The van der Waals surface area contributed by atoms with Crippen molar-refractivity contribution in [1.29, 1.82) is 0 Å². The second kappa shape index (κ2) is 8.82. The Labute approximate surface area is 208 Å². The first-order valence-corrected chi connectivity index (χ1v) is 12.9. The van der Waals surface area contributed by atoms with Gasteiger partial charge in [-0.1, -0.05) is 18.7 Å². The van der Waals surface area contributed by atoms with Gasteiger partial charge in [-0.3, -0.25) is 9.36 Å². The van der Waals surface area contributed by atoms with Crippen molar-refractivity contribution < 1.29 is 9.18 Å². The van der Waals surface area contributed by atoms with Crippen LogP contribution in [0.15, 0.2) is 52.7 Å². The van der Waals surface area contributed by atoms with Crippen molar-refractivity contribution in [2.45, 2.75) is 50.7 Å². The van der Waals surface area contributed by atoms with Crippen LogP contribution in [-0.4, -0.2) is 51.3 Å². The first kappa shape index (κ1) is 23.6. The van der Waals surface area contributed by atoms with E-state index in [1.165, 1.54) is 18.2 Å². The van der Waals surface area contributed by atoms with E-state index in [9.17, 15) is 14.0 Å². The van der Waals surface area contributed by atoms with Gasteiger partial charge in [0.15, 0.2) is 0 Å². The number of thioether (sulfide) groups is 1. The van der Waals surface area contributed by atoms with Crippen molar-refractivity contribution in [3.8, 4) is 11.1 Å². The SMILES string of the molecule is C=CC(=O)N1[C@H](C)CN(c2nc(=O)n3c4c(c(-c5ccc(F)cc5)c(C)cc24)SC[C@@H]3C)C[C@@H]1C. The van der Waals surface area contributed by atoms with Crippen LogP contribution in [0.1, 0.15) is 32.4 Å². The van der Waals surface area contributed by atoms with Crippen molar-refractivity contribution >= 4 is 34.4 Å². The van der Waals surface area contributed by atoms with Crippen LogP contribution in [0.3, 0.4) is 0 Å². The van der Waals surface area contributed by atoms with Crippen LogP contribution in [0.2, 0.25) is 0 Å². The van der Waals surface area contributed by atoms with E-state index in [0.717, 1.165) is 38.2 Å². The van der Waals surface area contributed by atoms with Gasteiger partial charge in [0, 0.05) is 52.8 Å². The largest absolute Gasteiger partial charge is 0.352 e. The van der Waals surface area contributed by atoms with E-state index in [1.54, 1.807) is 23.9 Å². The minimum atomic E-state index is -0.275. The highest BCUT2D eigenvalue weighted by Gasteiger charge is 2.35. The second-order valence-corrected chi connectivity index (χ2v) is 10.6. The van der Waals surface area contributed by atoms with Crippen molar-refractivity contribution in [1.82, 2.24) is 14.5 Å². The Kier molecular flexibility index (Phi) is 5.95. The maximum atomic E-state index is 13.6. The lowest BCUT2D eigenvalue weighted by atomic mass is 9.97. The Morgan fingerprint density at radius 1 is 1.14 bits per heavy atom. The fourth-order valence-corrected chi connectivity index (χ4v) is 6.89. The number of piperazine rings is 1. The van der Waals surface area contributed by atoms with Crippen molar-refractivity contribution in [2.24, 2.45) is 0 Å². The average molecular weight is 493 g/mol. The zero-order chi connectivity index (χ0) is 25.0. The zero-order valence-electron chi connectivity index (χ0n) is 20.4. The van der Waals surface area contributed by atoms with Crippen LogP contribution in [0.4, 0.5) is 10.2 Å². The Balaban J connectivity index is 1.72. The van der Waals surface area contributed by atoms with E-state index in [1.807, 2.05) is 30.2 Å². The molecule has 5 rings (SSSR count). The van der Waals surface area contributed by atoms with E-state index in [-0.39, 0.29) is 35.5 Å². The number of rotatable bonds is 3. The van der Waals surface area contributed by atoms with Crippen molar-refractivity contribution in [2.75, 3.05) is 23.7 Å². The number of carbonyl (C=O) groups is 1. The summed E-state index contributed by atoms with van der Waals surface area (Å²) in [5, 5.41) is 0.935. The van der Waals surface area contributed by atoms with Gasteiger partial charge < -0.3 is 9.80 Å². The quantitative estimate of drug-likeness (QED) is 0.492. The molecule has 2 aromatic carbocycles. The van der Waals surface area contributed by atoms with Gasteiger partial charge in [-0.15, -0.1) is 11.8 Å². The molecule has 2 aliphatic heterocycles. The molecule has 1 aromatic heterocycles. The van der Waals surface area contributed by atoms with E-state index >= 15 is 0 Å². The third kappa shape index (κ3) is 3.84. The molecule has 0 N–H and O–H groups in total. The predicted octanol–water partition coefficient (Wildman–Crippen LogP) is 4.79. The molecule has 1 saturated heterocycles. The van der Waals surface area contributed by atoms with E-state index in [4.69, 9.17) is 0 Å². The summed E-state index contributed by atoms with van der Waals surface area (Å²) in [6.07, 6.45) is 1.36. The Hall–Kier alpha value is -3.13. The Bertz CT molecular complexity index is 1390. The summed E-state index contributed by atoms with van der Waals surface area (Å²) in [5.41, 5.74) is 3.64. The van der Waals surface area contributed by atoms with Crippen molar-refractivity contribution in [3.05, 3.63) is 64.9 Å². The number of amides is 1. The van der Waals surface area contributed by atoms with Crippen LogP contribution < -0.4 is 10.6 Å². The number of hydrogen-bond donors (Lipinski definition) is 0. The standard InChI is InChI=1S/C27H29FN4O2S/c1-6-22(33)31-16(3)12-30(13-17(31)4)26-21-11-15(2)23(19-7-9-20(28)10-8-19)25-24(21)32(27(34)29-26)18(5)14-35-25/h6-11,16-18H,1,12-14H2,2-5H3/t16-,17+,18-/m0/s1. The number of benzene rings is 2. The molecule has 182 valence electrons. The van der Waals surface area contributed by atoms with Crippen LogP contribution in [0, 0.1) is 12.7 Å². The summed E-state index contributed by atoms with van der Waals surface area (Å²) in [5.74, 6) is 1.06. The number of nitrogens with zero attached hydrogens (tertiary/aromatic N) is 4. The molecule has 0 radical (unpaired) electrons. The molecular weight excluding hydrogens is 463 g/mol. The average Bonchev–Trinajstić information content (AvgIpc) is 2.82. The second-order valence-electron chi connectivity index (χ2n) is 9.60. The van der Waals surface area contributed by atoms with Gasteiger partial charge in [0.2, 0.25) is 5.91 Å². The molecule has 0 spiro atoms. The number of anilines is 1. The monoisotopic (exact) mass is 492 g/mol. The number of aromatic nitrogens is 2. The third-order valence-electron chi connectivity index (χ3n) is 7.03. The van der Waals surface area contributed by atoms with Gasteiger partial charge in [-0.05, 0) is 63.1 Å². The first-order valence-electron chi connectivity index (χ1n) is 11.9. The van der Waals surface area contributed by atoms with Crippen LogP contribution >= 0.6 is 11.8 Å². The number of hydrogen-bond acceptors (Lipinski definition) is 5. The fourth-order valence-electron chi connectivity index (χ4n) is 5.57. The molecule has 2 aliphatic rings. The molecule has 1 amide bonds.